The van der Waals surface area contributed by atoms with Gasteiger partial charge in [-0.3, -0.25) is 19.3 Å². The standard InChI is InChI=1S/C23H23N3O5/c1-2-25-21(29)17-10-6-7-11-18(17)26-20(28)12-13-23(25,26)22(30)31-15-19(27)24-14-16-8-4-3-5-9-16/h3-11H,2,12-15H2,1H3,(H,24,27)/t23-/m0/s1. The molecule has 0 saturated carbocycles. The van der Waals surface area contributed by atoms with Gasteiger partial charge in [0.1, 0.15) is 0 Å². The fraction of sp³-hybridized carbons (Fsp3) is 0.304. The molecule has 8 heteroatoms. The van der Waals surface area contributed by atoms with Crippen LogP contribution in [0, 0.1) is 0 Å². The van der Waals surface area contributed by atoms with E-state index >= 15 is 0 Å². The van der Waals surface area contributed by atoms with E-state index in [0.29, 0.717) is 17.8 Å². The summed E-state index contributed by atoms with van der Waals surface area (Å²) in [4.78, 5) is 54.1. The third kappa shape index (κ3) is 3.43. The highest BCUT2D eigenvalue weighted by Crippen LogP contribution is 2.44. The van der Waals surface area contributed by atoms with Crippen molar-refractivity contribution in [2.75, 3.05) is 18.1 Å². The number of nitrogens with one attached hydrogen (secondary N) is 1. The second kappa shape index (κ2) is 8.22. The van der Waals surface area contributed by atoms with Crippen molar-refractivity contribution in [1.29, 1.82) is 0 Å². The molecule has 0 aliphatic carbocycles. The number of hydrogen-bond donors (Lipinski definition) is 1. The molecule has 1 fully saturated rings. The zero-order valence-corrected chi connectivity index (χ0v) is 17.2. The van der Waals surface area contributed by atoms with Crippen molar-refractivity contribution >= 4 is 29.4 Å². The molecule has 1 saturated heterocycles. The molecule has 1 atom stereocenters. The van der Waals surface area contributed by atoms with Crippen LogP contribution >= 0.6 is 0 Å². The van der Waals surface area contributed by atoms with Gasteiger partial charge in [0.15, 0.2) is 6.61 Å². The highest BCUT2D eigenvalue weighted by Gasteiger charge is 2.61. The van der Waals surface area contributed by atoms with E-state index in [1.165, 1.54) is 9.80 Å². The zero-order valence-electron chi connectivity index (χ0n) is 17.2. The van der Waals surface area contributed by atoms with Gasteiger partial charge in [0.25, 0.3) is 11.8 Å². The molecule has 31 heavy (non-hydrogen) atoms. The second-order valence-electron chi connectivity index (χ2n) is 7.45. The molecule has 2 aliphatic heterocycles. The van der Waals surface area contributed by atoms with Crippen LogP contribution in [-0.4, -0.2) is 47.4 Å². The molecule has 0 spiro atoms. The monoisotopic (exact) mass is 421 g/mol. The topological polar surface area (TPSA) is 96.0 Å². The Bertz CT molecular complexity index is 1040. The molecular weight excluding hydrogens is 398 g/mol. The van der Waals surface area contributed by atoms with E-state index in [-0.39, 0.29) is 31.2 Å². The van der Waals surface area contributed by atoms with Gasteiger partial charge in [-0.05, 0) is 24.6 Å². The van der Waals surface area contributed by atoms with Gasteiger partial charge in [0.2, 0.25) is 11.6 Å². The summed E-state index contributed by atoms with van der Waals surface area (Å²) in [6.07, 6.45) is 0.220. The molecule has 4 rings (SSSR count). The number of rotatable bonds is 6. The third-order valence-corrected chi connectivity index (χ3v) is 5.68. The summed E-state index contributed by atoms with van der Waals surface area (Å²) < 4.78 is 5.34. The first-order valence-corrected chi connectivity index (χ1v) is 10.2. The summed E-state index contributed by atoms with van der Waals surface area (Å²) in [6, 6.07) is 16.1. The van der Waals surface area contributed by atoms with E-state index in [4.69, 9.17) is 4.74 Å². The molecule has 2 aromatic rings. The molecule has 0 radical (unpaired) electrons. The summed E-state index contributed by atoms with van der Waals surface area (Å²) in [7, 11) is 0. The molecule has 0 bridgehead atoms. The minimum atomic E-state index is -1.57. The lowest BCUT2D eigenvalue weighted by atomic mass is 9.96. The number of likely N-dealkylation sites (N-methyl/N-ethyl adjacent to an activating group) is 1. The Hall–Kier alpha value is -3.68. The van der Waals surface area contributed by atoms with Crippen LogP contribution in [0.3, 0.4) is 0 Å². The SMILES string of the molecule is CCN1C(=O)c2ccccc2N2C(=O)CC[C@]12C(=O)OCC(=O)NCc1ccccc1. The molecule has 0 aromatic heterocycles. The largest absolute Gasteiger partial charge is 0.452 e. The molecule has 2 aliphatic rings. The predicted octanol–water partition coefficient (Wildman–Crippen LogP) is 1.84. The minimum absolute atomic E-state index is 0.105. The molecule has 8 nitrogen and oxygen atoms in total. The number of benzene rings is 2. The minimum Gasteiger partial charge on any atom is -0.452 e. The fourth-order valence-electron chi connectivity index (χ4n) is 4.27. The van der Waals surface area contributed by atoms with E-state index < -0.39 is 24.1 Å². The smallest absolute Gasteiger partial charge is 0.354 e. The van der Waals surface area contributed by atoms with Crippen molar-refractivity contribution < 1.29 is 23.9 Å². The summed E-state index contributed by atoms with van der Waals surface area (Å²) >= 11 is 0. The van der Waals surface area contributed by atoms with Crippen molar-refractivity contribution in [2.45, 2.75) is 32.0 Å². The van der Waals surface area contributed by atoms with Crippen LogP contribution in [0.15, 0.2) is 54.6 Å². The number of ether oxygens (including phenoxy) is 1. The van der Waals surface area contributed by atoms with Crippen LogP contribution in [0.1, 0.15) is 35.7 Å². The van der Waals surface area contributed by atoms with Gasteiger partial charge in [-0.2, -0.15) is 0 Å². The van der Waals surface area contributed by atoms with Gasteiger partial charge in [-0.25, -0.2) is 4.79 Å². The maximum Gasteiger partial charge on any atom is 0.354 e. The number of para-hydroxylation sites is 1. The number of anilines is 1. The summed E-state index contributed by atoms with van der Waals surface area (Å²) in [5.41, 5.74) is 0.102. The summed E-state index contributed by atoms with van der Waals surface area (Å²) in [5, 5.41) is 2.70. The van der Waals surface area contributed by atoms with Crippen LogP contribution in [-0.2, 0) is 25.7 Å². The van der Waals surface area contributed by atoms with Crippen molar-refractivity contribution in [2.24, 2.45) is 0 Å². The normalized spacial score (nSPS) is 19.6. The Labute approximate surface area is 179 Å². The number of carbonyl (C=O) groups is 4. The fourth-order valence-corrected chi connectivity index (χ4v) is 4.27. The molecular formula is C23H23N3O5. The van der Waals surface area contributed by atoms with Gasteiger partial charge >= 0.3 is 5.97 Å². The van der Waals surface area contributed by atoms with Gasteiger partial charge in [-0.1, -0.05) is 42.5 Å². The van der Waals surface area contributed by atoms with Crippen molar-refractivity contribution in [1.82, 2.24) is 10.2 Å². The number of hydrogen-bond acceptors (Lipinski definition) is 5. The van der Waals surface area contributed by atoms with E-state index in [1.807, 2.05) is 30.3 Å². The van der Waals surface area contributed by atoms with E-state index in [2.05, 4.69) is 5.32 Å². The molecule has 2 aromatic carbocycles. The van der Waals surface area contributed by atoms with E-state index in [0.717, 1.165) is 5.56 Å². The quantitative estimate of drug-likeness (QED) is 0.718. The summed E-state index contributed by atoms with van der Waals surface area (Å²) in [5.74, 6) is -1.84. The first-order valence-electron chi connectivity index (χ1n) is 10.2. The van der Waals surface area contributed by atoms with Crippen molar-refractivity contribution in [3.05, 3.63) is 65.7 Å². The van der Waals surface area contributed by atoms with Gasteiger partial charge in [-0.15, -0.1) is 0 Å². The third-order valence-electron chi connectivity index (χ3n) is 5.68. The predicted molar refractivity (Wildman–Crippen MR) is 112 cm³/mol. The van der Waals surface area contributed by atoms with Gasteiger partial charge in [0.05, 0.1) is 11.3 Å². The lowest BCUT2D eigenvalue weighted by Gasteiger charge is -2.47. The zero-order chi connectivity index (χ0) is 22.0. The van der Waals surface area contributed by atoms with Crippen LogP contribution in [0.25, 0.3) is 0 Å². The number of amides is 3. The van der Waals surface area contributed by atoms with Gasteiger partial charge in [0, 0.05) is 25.9 Å². The lowest BCUT2D eigenvalue weighted by Crippen LogP contribution is -2.68. The summed E-state index contributed by atoms with van der Waals surface area (Å²) in [6.45, 7) is 1.77. The maximum absolute atomic E-state index is 13.3. The molecule has 3 amide bonds. The number of esters is 1. The first kappa shape index (κ1) is 20.6. The molecule has 1 N–H and O–H groups in total. The molecule has 0 unspecified atom stereocenters. The lowest BCUT2D eigenvalue weighted by molar-refractivity contribution is -0.160. The van der Waals surface area contributed by atoms with Crippen molar-refractivity contribution in [3.8, 4) is 0 Å². The first-order chi connectivity index (χ1) is 15.0. The molecule has 160 valence electrons. The Kier molecular flexibility index (Phi) is 5.46. The van der Waals surface area contributed by atoms with Crippen molar-refractivity contribution in [3.63, 3.8) is 0 Å². The van der Waals surface area contributed by atoms with Crippen LogP contribution < -0.4 is 10.2 Å². The van der Waals surface area contributed by atoms with Gasteiger partial charge < -0.3 is 15.0 Å². The van der Waals surface area contributed by atoms with Crippen LogP contribution in [0.4, 0.5) is 5.69 Å². The highest BCUT2D eigenvalue weighted by atomic mass is 16.5. The average molecular weight is 421 g/mol. The van der Waals surface area contributed by atoms with Crippen LogP contribution in [0.2, 0.25) is 0 Å². The average Bonchev–Trinajstić information content (AvgIpc) is 3.15. The van der Waals surface area contributed by atoms with E-state index in [1.54, 1.807) is 31.2 Å². The maximum atomic E-state index is 13.3. The second-order valence-corrected chi connectivity index (χ2v) is 7.45. The Morgan fingerprint density at radius 2 is 1.77 bits per heavy atom. The highest BCUT2D eigenvalue weighted by molar-refractivity contribution is 6.15. The van der Waals surface area contributed by atoms with E-state index in [9.17, 15) is 19.2 Å². The number of carbonyl (C=O) groups excluding carboxylic acids is 4. The Morgan fingerprint density at radius 1 is 1.06 bits per heavy atom. The Balaban J connectivity index is 1.53. The molecule has 2 heterocycles. The van der Waals surface area contributed by atoms with Crippen LogP contribution in [0.5, 0.6) is 0 Å². The number of fused-ring (bicyclic) bond motifs is 3. The Morgan fingerprint density at radius 3 is 2.52 bits per heavy atom. The number of nitrogens with zero attached hydrogens (tertiary/aromatic N) is 2.